The van der Waals surface area contributed by atoms with E-state index < -0.39 is 0 Å². The van der Waals surface area contributed by atoms with E-state index in [9.17, 15) is 0 Å². The third-order valence-electron chi connectivity index (χ3n) is 4.19. The van der Waals surface area contributed by atoms with Gasteiger partial charge in [-0.1, -0.05) is 31.5 Å². The molecule has 1 aliphatic heterocycles. The third-order valence-corrected chi connectivity index (χ3v) is 4.19. The normalized spacial score (nSPS) is 22.0. The molecular formula is C18H30N2O. The van der Waals surface area contributed by atoms with Crippen LogP contribution in [0.3, 0.4) is 0 Å². The number of benzene rings is 1. The van der Waals surface area contributed by atoms with Crippen molar-refractivity contribution in [2.75, 3.05) is 25.0 Å². The minimum atomic E-state index is 0.356. The summed E-state index contributed by atoms with van der Waals surface area (Å²) in [5, 5.41) is 3.47. The van der Waals surface area contributed by atoms with Crippen LogP contribution in [0.4, 0.5) is 5.69 Å². The van der Waals surface area contributed by atoms with Gasteiger partial charge in [0.1, 0.15) is 0 Å². The van der Waals surface area contributed by atoms with E-state index in [1.165, 1.54) is 29.7 Å². The first kappa shape index (κ1) is 16.3. The fourth-order valence-corrected chi connectivity index (χ4v) is 3.07. The molecule has 1 N–H and O–H groups in total. The minimum absolute atomic E-state index is 0.356. The van der Waals surface area contributed by atoms with Crippen molar-refractivity contribution in [2.45, 2.75) is 58.8 Å². The molecule has 1 aromatic carbocycles. The zero-order valence-corrected chi connectivity index (χ0v) is 14.1. The first-order valence-electron chi connectivity index (χ1n) is 8.13. The van der Waals surface area contributed by atoms with Gasteiger partial charge < -0.3 is 15.0 Å². The number of hydrogen-bond donors (Lipinski definition) is 1. The second kappa shape index (κ2) is 7.28. The number of ether oxygens (including phenoxy) is 1. The van der Waals surface area contributed by atoms with Gasteiger partial charge in [-0.15, -0.1) is 0 Å². The van der Waals surface area contributed by atoms with Crippen molar-refractivity contribution in [1.82, 2.24) is 5.32 Å². The topological polar surface area (TPSA) is 24.5 Å². The van der Waals surface area contributed by atoms with E-state index in [1.54, 1.807) is 0 Å². The molecule has 0 spiro atoms. The van der Waals surface area contributed by atoms with Crippen LogP contribution in [0.1, 0.15) is 37.8 Å². The lowest BCUT2D eigenvalue weighted by Crippen LogP contribution is -2.34. The summed E-state index contributed by atoms with van der Waals surface area (Å²) in [6.45, 7) is 10.6. The van der Waals surface area contributed by atoms with Gasteiger partial charge >= 0.3 is 0 Å². The van der Waals surface area contributed by atoms with Crippen LogP contribution >= 0.6 is 0 Å². The largest absolute Gasteiger partial charge is 0.372 e. The molecule has 0 amide bonds. The van der Waals surface area contributed by atoms with Gasteiger partial charge in [0.25, 0.3) is 0 Å². The number of anilines is 1. The van der Waals surface area contributed by atoms with Crippen LogP contribution in [0.5, 0.6) is 0 Å². The zero-order chi connectivity index (χ0) is 15.4. The molecule has 1 aromatic rings. The smallest absolute Gasteiger partial charge is 0.0755 e. The van der Waals surface area contributed by atoms with E-state index >= 15 is 0 Å². The number of nitrogens with zero attached hydrogens (tertiary/aromatic N) is 1. The van der Waals surface area contributed by atoms with Crippen LogP contribution in [0.2, 0.25) is 0 Å². The molecule has 3 nitrogen and oxygen atoms in total. The maximum atomic E-state index is 6.16. The maximum absolute atomic E-state index is 6.16. The van der Waals surface area contributed by atoms with Gasteiger partial charge in [0, 0.05) is 31.9 Å². The molecule has 118 valence electrons. The van der Waals surface area contributed by atoms with Crippen molar-refractivity contribution in [3.05, 3.63) is 29.3 Å². The van der Waals surface area contributed by atoms with Gasteiger partial charge in [0.2, 0.25) is 0 Å². The fourth-order valence-electron chi connectivity index (χ4n) is 3.07. The average molecular weight is 290 g/mol. The molecular weight excluding hydrogens is 260 g/mol. The molecule has 2 rings (SSSR count). The summed E-state index contributed by atoms with van der Waals surface area (Å²) in [6.07, 6.45) is 3.07. The predicted octanol–water partition coefficient (Wildman–Crippen LogP) is 3.29. The molecule has 0 bridgehead atoms. The van der Waals surface area contributed by atoms with E-state index in [-0.39, 0.29) is 0 Å². The Morgan fingerprint density at radius 1 is 1.24 bits per heavy atom. The number of aryl methyl sites for hydroxylation is 2. The highest BCUT2D eigenvalue weighted by Gasteiger charge is 2.26. The van der Waals surface area contributed by atoms with E-state index in [4.69, 9.17) is 4.74 Å². The first-order chi connectivity index (χ1) is 9.95. The van der Waals surface area contributed by atoms with E-state index in [2.05, 4.69) is 63.2 Å². The second-order valence-electron chi connectivity index (χ2n) is 6.69. The van der Waals surface area contributed by atoms with Crippen LogP contribution < -0.4 is 10.2 Å². The quantitative estimate of drug-likeness (QED) is 0.870. The van der Waals surface area contributed by atoms with Gasteiger partial charge in [0.05, 0.1) is 12.2 Å². The molecule has 0 aromatic heterocycles. The summed E-state index contributed by atoms with van der Waals surface area (Å²) in [6, 6.07) is 7.18. The lowest BCUT2D eigenvalue weighted by molar-refractivity contribution is 0.0489. The van der Waals surface area contributed by atoms with E-state index in [1.807, 2.05) is 0 Å². The van der Waals surface area contributed by atoms with Crippen LogP contribution in [0.25, 0.3) is 0 Å². The van der Waals surface area contributed by atoms with Crippen LogP contribution in [0.15, 0.2) is 18.2 Å². The van der Waals surface area contributed by atoms with Gasteiger partial charge in [-0.05, 0) is 38.3 Å². The summed E-state index contributed by atoms with van der Waals surface area (Å²) in [5.74, 6) is 0. The number of likely N-dealkylation sites (N-methyl/N-ethyl adjacent to an activating group) is 1. The number of hydrogen-bond acceptors (Lipinski definition) is 3. The lowest BCUT2D eigenvalue weighted by atomic mass is 10.1. The average Bonchev–Trinajstić information content (AvgIpc) is 2.83. The molecule has 1 aliphatic rings. The lowest BCUT2D eigenvalue weighted by Gasteiger charge is -2.25. The Bertz CT molecular complexity index is 459. The molecule has 0 aliphatic carbocycles. The Labute approximate surface area is 129 Å². The van der Waals surface area contributed by atoms with Crippen LogP contribution in [0, 0.1) is 13.8 Å². The minimum Gasteiger partial charge on any atom is -0.372 e. The highest BCUT2D eigenvalue weighted by molar-refractivity contribution is 5.53. The summed E-state index contributed by atoms with van der Waals surface area (Å²) in [7, 11) is 2.17. The van der Waals surface area contributed by atoms with E-state index in [0.29, 0.717) is 18.2 Å². The summed E-state index contributed by atoms with van der Waals surface area (Å²) in [5.41, 5.74) is 3.98. The van der Waals surface area contributed by atoms with Crippen molar-refractivity contribution >= 4 is 5.69 Å². The number of nitrogens with one attached hydrogen (secondary N) is 1. The van der Waals surface area contributed by atoms with Gasteiger partial charge in [-0.3, -0.25) is 0 Å². The highest BCUT2D eigenvalue weighted by atomic mass is 16.5. The fraction of sp³-hybridized carbons (Fsp3) is 0.667. The molecule has 0 saturated carbocycles. The van der Waals surface area contributed by atoms with Crippen molar-refractivity contribution in [3.63, 3.8) is 0 Å². The Kier molecular flexibility index (Phi) is 5.65. The van der Waals surface area contributed by atoms with Crippen molar-refractivity contribution in [2.24, 2.45) is 0 Å². The number of rotatable bonds is 6. The van der Waals surface area contributed by atoms with Crippen molar-refractivity contribution < 1.29 is 4.74 Å². The van der Waals surface area contributed by atoms with Gasteiger partial charge in [-0.25, -0.2) is 0 Å². The Hall–Kier alpha value is -1.06. The summed E-state index contributed by atoms with van der Waals surface area (Å²) < 4.78 is 6.16. The van der Waals surface area contributed by atoms with Crippen LogP contribution in [-0.2, 0) is 4.74 Å². The van der Waals surface area contributed by atoms with Gasteiger partial charge in [0.15, 0.2) is 0 Å². The van der Waals surface area contributed by atoms with Crippen molar-refractivity contribution in [3.8, 4) is 0 Å². The molecule has 1 saturated heterocycles. The van der Waals surface area contributed by atoms with Crippen molar-refractivity contribution in [1.29, 1.82) is 0 Å². The molecule has 0 radical (unpaired) electrons. The molecule has 3 heteroatoms. The molecule has 1 heterocycles. The third kappa shape index (κ3) is 4.72. The second-order valence-corrected chi connectivity index (χ2v) is 6.69. The first-order valence-corrected chi connectivity index (χ1v) is 8.13. The Morgan fingerprint density at radius 3 is 2.62 bits per heavy atom. The monoisotopic (exact) mass is 290 g/mol. The van der Waals surface area contributed by atoms with Gasteiger partial charge in [-0.2, -0.15) is 0 Å². The highest BCUT2D eigenvalue weighted by Crippen LogP contribution is 2.24. The zero-order valence-electron chi connectivity index (χ0n) is 14.1. The maximum Gasteiger partial charge on any atom is 0.0755 e. The SMILES string of the molecule is Cc1ccc(N(C)CC2CCC(CNC(C)C)O2)c(C)c1. The Balaban J connectivity index is 1.85. The molecule has 1 fully saturated rings. The van der Waals surface area contributed by atoms with E-state index in [0.717, 1.165) is 13.1 Å². The predicted molar refractivity (Wildman–Crippen MR) is 90.2 cm³/mol. The summed E-state index contributed by atoms with van der Waals surface area (Å²) >= 11 is 0. The summed E-state index contributed by atoms with van der Waals surface area (Å²) in [4.78, 5) is 2.33. The molecule has 2 atom stereocenters. The Morgan fingerprint density at radius 2 is 1.95 bits per heavy atom. The van der Waals surface area contributed by atoms with Crippen LogP contribution in [-0.4, -0.2) is 38.4 Å². The molecule has 2 unspecified atom stereocenters. The molecule has 21 heavy (non-hydrogen) atoms. The standard InChI is InChI=1S/C18H30N2O/c1-13(2)19-11-16-7-8-17(21-16)12-20(5)18-9-6-14(3)10-15(18)4/h6,9-10,13,16-17,19H,7-8,11-12H2,1-5H3.